The molecular formula is C15H22N4O2. The molecule has 3 N–H and O–H groups in total. The van der Waals surface area contributed by atoms with Crippen LogP contribution in [0.2, 0.25) is 0 Å². The molecule has 2 aromatic rings. The maximum absolute atomic E-state index is 5.75. The lowest BCUT2D eigenvalue weighted by Crippen LogP contribution is -2.29. The molecule has 1 aromatic carbocycles. The highest BCUT2D eigenvalue weighted by molar-refractivity contribution is 5.50. The van der Waals surface area contributed by atoms with Gasteiger partial charge in [-0.2, -0.15) is 5.10 Å². The lowest BCUT2D eigenvalue weighted by Gasteiger charge is -2.19. The van der Waals surface area contributed by atoms with Gasteiger partial charge in [0.25, 0.3) is 0 Å². The molecule has 6 nitrogen and oxygen atoms in total. The van der Waals surface area contributed by atoms with Crippen LogP contribution < -0.4 is 20.7 Å². The normalized spacial score (nSPS) is 12.2. The molecule has 0 aliphatic carbocycles. The first kappa shape index (κ1) is 15.3. The number of para-hydroxylation sites is 1. The lowest BCUT2D eigenvalue weighted by molar-refractivity contribution is 0.349. The maximum Gasteiger partial charge on any atom is 0.165 e. The van der Waals surface area contributed by atoms with Crippen LogP contribution in [0.15, 0.2) is 30.6 Å². The van der Waals surface area contributed by atoms with Crippen LogP contribution in [0.5, 0.6) is 11.5 Å². The summed E-state index contributed by atoms with van der Waals surface area (Å²) in [6, 6.07) is 5.53. The quantitative estimate of drug-likeness (QED) is 0.601. The molecule has 0 saturated heterocycles. The molecule has 1 atom stereocenters. The zero-order chi connectivity index (χ0) is 15.2. The van der Waals surface area contributed by atoms with Crippen molar-refractivity contribution < 1.29 is 9.47 Å². The molecule has 21 heavy (non-hydrogen) atoms. The van der Waals surface area contributed by atoms with Crippen molar-refractivity contribution >= 4 is 0 Å². The average molecular weight is 290 g/mol. The number of rotatable bonds is 7. The molecule has 6 heteroatoms. The Labute approximate surface area is 124 Å². The number of benzene rings is 1. The van der Waals surface area contributed by atoms with E-state index in [4.69, 9.17) is 15.3 Å². The first-order valence-electron chi connectivity index (χ1n) is 6.94. The standard InChI is InChI=1S/C15H22N4O2/c1-4-8-19-10-11(9-17-19)14(18-16)12-6-5-7-13(20-2)15(12)21-3/h5-7,9-10,14,18H,4,8,16H2,1-3H3. The van der Waals surface area contributed by atoms with E-state index in [0.29, 0.717) is 11.5 Å². The van der Waals surface area contributed by atoms with E-state index in [0.717, 1.165) is 24.1 Å². The van der Waals surface area contributed by atoms with E-state index < -0.39 is 0 Å². The highest BCUT2D eigenvalue weighted by Crippen LogP contribution is 2.36. The van der Waals surface area contributed by atoms with Crippen LogP contribution in [-0.4, -0.2) is 24.0 Å². The lowest BCUT2D eigenvalue weighted by atomic mass is 10.0. The number of hydrogen-bond acceptors (Lipinski definition) is 5. The topological polar surface area (TPSA) is 74.3 Å². The summed E-state index contributed by atoms with van der Waals surface area (Å²) in [5.41, 5.74) is 4.72. The van der Waals surface area contributed by atoms with Crippen molar-refractivity contribution in [2.24, 2.45) is 5.84 Å². The number of hydrazine groups is 1. The van der Waals surface area contributed by atoms with Gasteiger partial charge in [-0.3, -0.25) is 10.5 Å². The summed E-state index contributed by atoms with van der Waals surface area (Å²) in [6.07, 6.45) is 4.84. The first-order valence-corrected chi connectivity index (χ1v) is 6.94. The number of hydrogen-bond donors (Lipinski definition) is 2. The summed E-state index contributed by atoms with van der Waals surface area (Å²) in [4.78, 5) is 0. The molecule has 1 aromatic heterocycles. The monoisotopic (exact) mass is 290 g/mol. The number of nitrogens with one attached hydrogen (secondary N) is 1. The SMILES string of the molecule is CCCn1cc(C(NN)c2cccc(OC)c2OC)cn1. The molecular weight excluding hydrogens is 268 g/mol. The minimum atomic E-state index is -0.208. The Hall–Kier alpha value is -2.05. The number of aromatic nitrogens is 2. The van der Waals surface area contributed by atoms with Gasteiger partial charge in [-0.25, -0.2) is 5.43 Å². The Kier molecular flexibility index (Phi) is 5.19. The Morgan fingerprint density at radius 1 is 1.33 bits per heavy atom. The summed E-state index contributed by atoms with van der Waals surface area (Å²) in [6.45, 7) is 3.00. The third-order valence-corrected chi connectivity index (χ3v) is 3.35. The number of ether oxygens (including phenoxy) is 2. The molecule has 0 saturated carbocycles. The second-order valence-electron chi connectivity index (χ2n) is 4.72. The maximum atomic E-state index is 5.75. The molecule has 1 unspecified atom stereocenters. The van der Waals surface area contributed by atoms with E-state index in [1.165, 1.54) is 0 Å². The Morgan fingerprint density at radius 2 is 2.14 bits per heavy atom. The van der Waals surface area contributed by atoms with Gasteiger partial charge in [0, 0.05) is 23.9 Å². The van der Waals surface area contributed by atoms with E-state index in [1.807, 2.05) is 35.3 Å². The molecule has 0 aliphatic rings. The largest absolute Gasteiger partial charge is 0.493 e. The number of methoxy groups -OCH3 is 2. The van der Waals surface area contributed by atoms with Crippen LogP contribution in [0.1, 0.15) is 30.5 Å². The minimum Gasteiger partial charge on any atom is -0.493 e. The van der Waals surface area contributed by atoms with Crippen molar-refractivity contribution in [2.45, 2.75) is 25.9 Å². The van der Waals surface area contributed by atoms with Gasteiger partial charge in [-0.1, -0.05) is 19.1 Å². The summed E-state index contributed by atoms with van der Waals surface area (Å²) >= 11 is 0. The van der Waals surface area contributed by atoms with Crippen molar-refractivity contribution in [1.82, 2.24) is 15.2 Å². The van der Waals surface area contributed by atoms with Gasteiger partial charge in [0.15, 0.2) is 11.5 Å². The fraction of sp³-hybridized carbons (Fsp3) is 0.400. The van der Waals surface area contributed by atoms with E-state index in [9.17, 15) is 0 Å². The Bertz CT molecular complexity index is 583. The third-order valence-electron chi connectivity index (χ3n) is 3.35. The predicted molar refractivity (Wildman–Crippen MR) is 81.2 cm³/mol. The molecule has 0 amide bonds. The fourth-order valence-corrected chi connectivity index (χ4v) is 2.38. The molecule has 0 bridgehead atoms. The van der Waals surface area contributed by atoms with E-state index >= 15 is 0 Å². The van der Waals surface area contributed by atoms with Crippen LogP contribution in [0, 0.1) is 0 Å². The van der Waals surface area contributed by atoms with Crippen molar-refractivity contribution in [3.8, 4) is 11.5 Å². The molecule has 0 spiro atoms. The average Bonchev–Trinajstić information content (AvgIpc) is 2.96. The van der Waals surface area contributed by atoms with Gasteiger partial charge >= 0.3 is 0 Å². The minimum absolute atomic E-state index is 0.208. The van der Waals surface area contributed by atoms with Crippen LogP contribution >= 0.6 is 0 Å². The summed E-state index contributed by atoms with van der Waals surface area (Å²) in [5.74, 6) is 7.10. The Morgan fingerprint density at radius 3 is 2.76 bits per heavy atom. The van der Waals surface area contributed by atoms with Gasteiger partial charge in [-0.15, -0.1) is 0 Å². The molecule has 1 heterocycles. The van der Waals surface area contributed by atoms with Crippen molar-refractivity contribution in [1.29, 1.82) is 0 Å². The van der Waals surface area contributed by atoms with E-state index in [-0.39, 0.29) is 6.04 Å². The van der Waals surface area contributed by atoms with Crippen LogP contribution in [0.25, 0.3) is 0 Å². The zero-order valence-corrected chi connectivity index (χ0v) is 12.7. The summed E-state index contributed by atoms with van der Waals surface area (Å²) in [7, 11) is 3.24. The second-order valence-corrected chi connectivity index (χ2v) is 4.72. The highest BCUT2D eigenvalue weighted by Gasteiger charge is 2.21. The predicted octanol–water partition coefficient (Wildman–Crippen LogP) is 1.86. The van der Waals surface area contributed by atoms with Crippen LogP contribution in [-0.2, 0) is 6.54 Å². The Balaban J connectivity index is 2.40. The van der Waals surface area contributed by atoms with Gasteiger partial charge in [0.2, 0.25) is 0 Å². The molecule has 0 aliphatic heterocycles. The third kappa shape index (κ3) is 3.17. The smallest absolute Gasteiger partial charge is 0.165 e. The zero-order valence-electron chi connectivity index (χ0n) is 12.7. The molecule has 2 rings (SSSR count). The van der Waals surface area contributed by atoms with Gasteiger partial charge in [0.1, 0.15) is 0 Å². The summed E-state index contributed by atoms with van der Waals surface area (Å²) < 4.78 is 12.7. The molecule has 0 fully saturated rings. The number of aryl methyl sites for hydroxylation is 1. The number of nitrogens with two attached hydrogens (primary N) is 1. The highest BCUT2D eigenvalue weighted by atomic mass is 16.5. The van der Waals surface area contributed by atoms with Crippen LogP contribution in [0.3, 0.4) is 0 Å². The van der Waals surface area contributed by atoms with Crippen molar-refractivity contribution in [2.75, 3.05) is 14.2 Å². The van der Waals surface area contributed by atoms with Crippen molar-refractivity contribution in [3.05, 3.63) is 41.7 Å². The number of nitrogens with zero attached hydrogens (tertiary/aromatic N) is 2. The van der Waals surface area contributed by atoms with E-state index in [2.05, 4.69) is 17.4 Å². The molecule has 0 radical (unpaired) electrons. The molecule has 114 valence electrons. The van der Waals surface area contributed by atoms with Gasteiger partial charge in [0.05, 0.1) is 26.5 Å². The summed E-state index contributed by atoms with van der Waals surface area (Å²) in [5, 5.41) is 4.35. The van der Waals surface area contributed by atoms with E-state index in [1.54, 1.807) is 14.2 Å². The second kappa shape index (κ2) is 7.10. The fourth-order valence-electron chi connectivity index (χ4n) is 2.38. The van der Waals surface area contributed by atoms with Gasteiger partial charge < -0.3 is 9.47 Å². The van der Waals surface area contributed by atoms with Crippen LogP contribution in [0.4, 0.5) is 0 Å². The first-order chi connectivity index (χ1) is 10.2. The van der Waals surface area contributed by atoms with Crippen molar-refractivity contribution in [3.63, 3.8) is 0 Å². The van der Waals surface area contributed by atoms with Gasteiger partial charge in [-0.05, 0) is 12.5 Å².